The first-order chi connectivity index (χ1) is 13.6. The molecule has 28 heavy (non-hydrogen) atoms. The van der Waals surface area contributed by atoms with Gasteiger partial charge in [-0.05, 0) is 43.4 Å². The van der Waals surface area contributed by atoms with Crippen LogP contribution >= 0.6 is 27.3 Å². The molecule has 2 aromatic heterocycles. The van der Waals surface area contributed by atoms with Crippen LogP contribution in [0.5, 0.6) is 0 Å². The molecule has 0 fully saturated rings. The predicted molar refractivity (Wildman–Crippen MR) is 116 cm³/mol. The van der Waals surface area contributed by atoms with E-state index in [1.807, 2.05) is 35.8 Å². The highest BCUT2D eigenvalue weighted by Gasteiger charge is 2.22. The molecule has 1 aliphatic heterocycles. The van der Waals surface area contributed by atoms with Gasteiger partial charge in [-0.1, -0.05) is 40.5 Å². The van der Waals surface area contributed by atoms with Crippen molar-refractivity contribution in [3.8, 4) is 0 Å². The van der Waals surface area contributed by atoms with Gasteiger partial charge in [-0.3, -0.25) is 14.2 Å². The second-order valence-corrected chi connectivity index (χ2v) is 8.98. The summed E-state index contributed by atoms with van der Waals surface area (Å²) in [6, 6.07) is 8.00. The molecule has 7 heteroatoms. The maximum Gasteiger partial charge on any atom is 0.262 e. The quantitative estimate of drug-likeness (QED) is 0.634. The summed E-state index contributed by atoms with van der Waals surface area (Å²) in [5.74, 6) is 0.726. The Kier molecular flexibility index (Phi) is 5.64. The van der Waals surface area contributed by atoms with Crippen molar-refractivity contribution in [2.45, 2.75) is 45.6 Å². The van der Waals surface area contributed by atoms with Gasteiger partial charge in [-0.25, -0.2) is 4.98 Å². The standard InChI is InChI=1S/C21H22BrN3O2S/c1-13-17-20(24-16-9-3-2-6-12-25(16)21(17)27)28-18(13)19(26)23-11-10-14-7-4-5-8-15(14)22/h4-5,7-8H,2-3,6,9-12H2,1H3,(H,23,26). The third-order valence-corrected chi connectivity index (χ3v) is 7.21. The lowest BCUT2D eigenvalue weighted by atomic mass is 10.1. The Labute approximate surface area is 175 Å². The van der Waals surface area contributed by atoms with Crippen LogP contribution in [0.15, 0.2) is 33.5 Å². The van der Waals surface area contributed by atoms with Crippen molar-refractivity contribution in [1.29, 1.82) is 0 Å². The molecule has 4 rings (SSSR count). The van der Waals surface area contributed by atoms with Crippen molar-refractivity contribution in [3.05, 3.63) is 60.9 Å². The molecule has 1 amide bonds. The Morgan fingerprint density at radius 1 is 1.29 bits per heavy atom. The van der Waals surface area contributed by atoms with Crippen molar-refractivity contribution >= 4 is 43.4 Å². The third kappa shape index (κ3) is 3.65. The van der Waals surface area contributed by atoms with Crippen LogP contribution in [0.4, 0.5) is 0 Å². The Morgan fingerprint density at radius 2 is 2.11 bits per heavy atom. The van der Waals surface area contributed by atoms with Crippen LogP contribution in [0, 0.1) is 6.92 Å². The summed E-state index contributed by atoms with van der Waals surface area (Å²) in [5, 5.41) is 3.59. The molecule has 0 bridgehead atoms. The Bertz CT molecular complexity index is 1100. The van der Waals surface area contributed by atoms with E-state index in [9.17, 15) is 9.59 Å². The fourth-order valence-corrected chi connectivity index (χ4v) is 5.31. The zero-order valence-corrected chi connectivity index (χ0v) is 18.2. The first kappa shape index (κ1) is 19.3. The lowest BCUT2D eigenvalue weighted by Gasteiger charge is -2.08. The predicted octanol–water partition coefficient (Wildman–Crippen LogP) is 4.23. The van der Waals surface area contributed by atoms with Crippen LogP contribution in [0.3, 0.4) is 0 Å². The van der Waals surface area contributed by atoms with Crippen LogP contribution in [-0.2, 0) is 19.4 Å². The lowest BCUT2D eigenvalue weighted by molar-refractivity contribution is 0.0957. The Morgan fingerprint density at radius 3 is 2.93 bits per heavy atom. The van der Waals surface area contributed by atoms with E-state index in [4.69, 9.17) is 4.98 Å². The summed E-state index contributed by atoms with van der Waals surface area (Å²) in [4.78, 5) is 31.8. The molecule has 3 aromatic rings. The number of nitrogens with one attached hydrogen (secondary N) is 1. The SMILES string of the molecule is Cc1c(C(=O)NCCc2ccccc2Br)sc2nc3n(c(=O)c12)CCCCC3. The molecule has 1 N–H and O–H groups in total. The van der Waals surface area contributed by atoms with Gasteiger partial charge in [0.1, 0.15) is 10.7 Å². The molecular formula is C21H22BrN3O2S. The summed E-state index contributed by atoms with van der Waals surface area (Å²) in [6.45, 7) is 3.12. The monoisotopic (exact) mass is 459 g/mol. The number of carbonyl (C=O) groups excluding carboxylic acids is 1. The summed E-state index contributed by atoms with van der Waals surface area (Å²) < 4.78 is 2.85. The minimum Gasteiger partial charge on any atom is -0.351 e. The zero-order valence-electron chi connectivity index (χ0n) is 15.8. The molecule has 0 spiro atoms. The molecule has 0 aliphatic carbocycles. The average Bonchev–Trinajstić information content (AvgIpc) is 2.85. The molecule has 0 saturated heterocycles. The van der Waals surface area contributed by atoms with Crippen molar-refractivity contribution in [3.63, 3.8) is 0 Å². The first-order valence-electron chi connectivity index (χ1n) is 9.60. The van der Waals surface area contributed by atoms with E-state index in [0.29, 0.717) is 21.6 Å². The lowest BCUT2D eigenvalue weighted by Crippen LogP contribution is -2.26. The van der Waals surface area contributed by atoms with Gasteiger partial charge in [0.25, 0.3) is 11.5 Å². The van der Waals surface area contributed by atoms with E-state index < -0.39 is 0 Å². The zero-order chi connectivity index (χ0) is 19.7. The van der Waals surface area contributed by atoms with Gasteiger partial charge >= 0.3 is 0 Å². The smallest absolute Gasteiger partial charge is 0.262 e. The van der Waals surface area contributed by atoms with Crippen LogP contribution in [0.2, 0.25) is 0 Å². The fourth-order valence-electron chi connectivity index (χ4n) is 3.72. The van der Waals surface area contributed by atoms with E-state index >= 15 is 0 Å². The van der Waals surface area contributed by atoms with E-state index in [2.05, 4.69) is 21.2 Å². The molecule has 1 aromatic carbocycles. The Balaban J connectivity index is 1.58. The molecule has 0 unspecified atom stereocenters. The van der Waals surface area contributed by atoms with Crippen molar-refractivity contribution in [2.75, 3.05) is 6.54 Å². The van der Waals surface area contributed by atoms with Crippen LogP contribution < -0.4 is 10.9 Å². The molecule has 3 heterocycles. The first-order valence-corrected chi connectivity index (χ1v) is 11.2. The van der Waals surface area contributed by atoms with Gasteiger partial charge < -0.3 is 5.32 Å². The maximum atomic E-state index is 13.0. The minimum absolute atomic E-state index is 0.00270. The summed E-state index contributed by atoms with van der Waals surface area (Å²) in [5.41, 5.74) is 1.90. The fraction of sp³-hybridized carbons (Fsp3) is 0.381. The number of aromatic nitrogens is 2. The number of hydrogen-bond acceptors (Lipinski definition) is 4. The summed E-state index contributed by atoms with van der Waals surface area (Å²) >= 11 is 4.86. The molecule has 0 saturated carbocycles. The van der Waals surface area contributed by atoms with Gasteiger partial charge in [0.05, 0.1) is 10.3 Å². The van der Waals surface area contributed by atoms with Crippen LogP contribution in [0.1, 0.15) is 45.9 Å². The van der Waals surface area contributed by atoms with Crippen LogP contribution in [-0.4, -0.2) is 22.0 Å². The molecule has 0 atom stereocenters. The highest BCUT2D eigenvalue weighted by Crippen LogP contribution is 2.28. The summed E-state index contributed by atoms with van der Waals surface area (Å²) in [6.07, 6.45) is 4.76. The number of rotatable bonds is 4. The Hall–Kier alpha value is -1.99. The highest BCUT2D eigenvalue weighted by atomic mass is 79.9. The number of thiophene rings is 1. The van der Waals surface area contributed by atoms with E-state index in [1.54, 1.807) is 0 Å². The maximum absolute atomic E-state index is 13.0. The number of benzene rings is 1. The number of amides is 1. The number of halogens is 1. The molecular weight excluding hydrogens is 438 g/mol. The number of fused-ring (bicyclic) bond motifs is 2. The summed E-state index contributed by atoms with van der Waals surface area (Å²) in [7, 11) is 0. The number of nitrogens with zero attached hydrogens (tertiary/aromatic N) is 2. The number of aryl methyl sites for hydroxylation is 2. The normalized spacial score (nSPS) is 13.9. The number of hydrogen-bond donors (Lipinski definition) is 1. The third-order valence-electron chi connectivity index (χ3n) is 5.26. The molecule has 146 valence electrons. The topological polar surface area (TPSA) is 64.0 Å². The van der Waals surface area contributed by atoms with Crippen LogP contribution in [0.25, 0.3) is 10.2 Å². The van der Waals surface area contributed by atoms with Crippen molar-refractivity contribution in [1.82, 2.24) is 14.9 Å². The molecule has 1 aliphatic rings. The second-order valence-electron chi connectivity index (χ2n) is 7.13. The minimum atomic E-state index is -0.132. The second kappa shape index (κ2) is 8.17. The van der Waals surface area contributed by atoms with Crippen molar-refractivity contribution < 1.29 is 4.79 Å². The van der Waals surface area contributed by atoms with Crippen molar-refractivity contribution in [2.24, 2.45) is 0 Å². The average molecular weight is 460 g/mol. The van der Waals surface area contributed by atoms with E-state index in [0.717, 1.165) is 60.1 Å². The van der Waals surface area contributed by atoms with Gasteiger partial charge in [0, 0.05) is 24.0 Å². The van der Waals surface area contributed by atoms with E-state index in [1.165, 1.54) is 11.3 Å². The largest absolute Gasteiger partial charge is 0.351 e. The van der Waals surface area contributed by atoms with Gasteiger partial charge in [0.15, 0.2) is 0 Å². The molecule has 0 radical (unpaired) electrons. The van der Waals surface area contributed by atoms with Gasteiger partial charge in [0.2, 0.25) is 0 Å². The highest BCUT2D eigenvalue weighted by molar-refractivity contribution is 9.10. The van der Waals surface area contributed by atoms with E-state index in [-0.39, 0.29) is 11.5 Å². The molecule has 5 nitrogen and oxygen atoms in total. The van der Waals surface area contributed by atoms with Gasteiger partial charge in [-0.2, -0.15) is 0 Å². The number of carbonyl (C=O) groups is 1. The van der Waals surface area contributed by atoms with Gasteiger partial charge in [-0.15, -0.1) is 11.3 Å².